The molecule has 2 rings (SSSR count). The average molecular weight is 301 g/mol. The molecular formula is C13H23N3O3S. The predicted molar refractivity (Wildman–Crippen MR) is 76.9 cm³/mol. The van der Waals surface area contributed by atoms with E-state index >= 15 is 0 Å². The third-order valence-electron chi connectivity index (χ3n) is 3.53. The van der Waals surface area contributed by atoms with Gasteiger partial charge in [0, 0.05) is 12.6 Å². The van der Waals surface area contributed by atoms with Crippen LogP contribution in [-0.2, 0) is 16.6 Å². The summed E-state index contributed by atoms with van der Waals surface area (Å²) in [4.78, 5) is 2.44. The summed E-state index contributed by atoms with van der Waals surface area (Å²) in [6.45, 7) is 6.04. The van der Waals surface area contributed by atoms with Crippen LogP contribution >= 0.6 is 0 Å². The smallest absolute Gasteiger partial charge is 0.273 e. The van der Waals surface area contributed by atoms with Gasteiger partial charge in [0.1, 0.15) is 5.76 Å². The van der Waals surface area contributed by atoms with E-state index in [-0.39, 0.29) is 5.09 Å². The Kier molecular flexibility index (Phi) is 5.20. The summed E-state index contributed by atoms with van der Waals surface area (Å²) in [6.07, 6.45) is 2.58. The number of likely N-dealkylation sites (tertiary alicyclic amines) is 1. The number of nitrogens with one attached hydrogen (secondary N) is 2. The van der Waals surface area contributed by atoms with Crippen molar-refractivity contribution in [3.63, 3.8) is 0 Å². The fourth-order valence-electron chi connectivity index (χ4n) is 2.39. The van der Waals surface area contributed by atoms with Gasteiger partial charge in [-0.25, -0.2) is 13.1 Å². The molecule has 0 spiro atoms. The Morgan fingerprint density at radius 1 is 1.35 bits per heavy atom. The molecule has 6 nitrogen and oxygen atoms in total. The molecule has 1 atom stereocenters. The van der Waals surface area contributed by atoms with Gasteiger partial charge in [0.2, 0.25) is 5.09 Å². The number of hydrogen-bond donors (Lipinski definition) is 2. The fourth-order valence-corrected chi connectivity index (χ4v) is 3.06. The SMILES string of the molecule is CNS(=O)(=O)c1ccc(CNC(C)CN2CCCC2)o1. The maximum Gasteiger partial charge on any atom is 0.273 e. The highest BCUT2D eigenvalue weighted by atomic mass is 32.2. The van der Waals surface area contributed by atoms with Crippen molar-refractivity contribution in [2.24, 2.45) is 0 Å². The summed E-state index contributed by atoms with van der Waals surface area (Å²) in [5.41, 5.74) is 0. The Bertz CT molecular complexity index is 521. The second-order valence-electron chi connectivity index (χ2n) is 5.22. The van der Waals surface area contributed by atoms with Gasteiger partial charge in [-0.1, -0.05) is 0 Å². The van der Waals surface area contributed by atoms with E-state index in [4.69, 9.17) is 4.42 Å². The molecule has 7 heteroatoms. The molecule has 1 aliphatic rings. The molecule has 0 aliphatic carbocycles. The number of sulfonamides is 1. The van der Waals surface area contributed by atoms with E-state index in [1.54, 1.807) is 6.07 Å². The molecule has 1 fully saturated rings. The van der Waals surface area contributed by atoms with Gasteiger partial charge in [0.05, 0.1) is 6.54 Å². The van der Waals surface area contributed by atoms with Crippen LogP contribution in [0.3, 0.4) is 0 Å². The Balaban J connectivity index is 1.82. The Hall–Kier alpha value is -0.890. The van der Waals surface area contributed by atoms with Crippen molar-refractivity contribution in [2.75, 3.05) is 26.7 Å². The van der Waals surface area contributed by atoms with Gasteiger partial charge in [-0.15, -0.1) is 0 Å². The molecule has 1 unspecified atom stereocenters. The van der Waals surface area contributed by atoms with Crippen LogP contribution in [0.1, 0.15) is 25.5 Å². The summed E-state index contributed by atoms with van der Waals surface area (Å²) >= 11 is 0. The third kappa shape index (κ3) is 4.05. The van der Waals surface area contributed by atoms with Crippen LogP contribution < -0.4 is 10.0 Å². The van der Waals surface area contributed by atoms with Crippen LogP contribution in [0.25, 0.3) is 0 Å². The number of hydrogen-bond acceptors (Lipinski definition) is 5. The lowest BCUT2D eigenvalue weighted by Crippen LogP contribution is -2.37. The second kappa shape index (κ2) is 6.71. The van der Waals surface area contributed by atoms with Crippen molar-refractivity contribution >= 4 is 10.0 Å². The van der Waals surface area contributed by atoms with Crippen LogP contribution in [0.2, 0.25) is 0 Å². The molecule has 0 saturated carbocycles. The summed E-state index contributed by atoms with van der Waals surface area (Å²) < 4.78 is 30.7. The third-order valence-corrected chi connectivity index (χ3v) is 4.81. The molecule has 0 aromatic carbocycles. The lowest BCUT2D eigenvalue weighted by atomic mass is 10.3. The van der Waals surface area contributed by atoms with E-state index in [1.165, 1.54) is 39.0 Å². The monoisotopic (exact) mass is 301 g/mol. The maximum absolute atomic E-state index is 11.6. The summed E-state index contributed by atoms with van der Waals surface area (Å²) in [5.74, 6) is 0.632. The van der Waals surface area contributed by atoms with Crippen LogP contribution in [-0.4, -0.2) is 46.0 Å². The molecule has 1 aliphatic heterocycles. The first-order valence-electron chi connectivity index (χ1n) is 6.99. The fraction of sp³-hybridized carbons (Fsp3) is 0.692. The van der Waals surface area contributed by atoms with Gasteiger partial charge >= 0.3 is 0 Å². The second-order valence-corrected chi connectivity index (χ2v) is 7.04. The number of rotatable bonds is 7. The minimum atomic E-state index is -3.49. The van der Waals surface area contributed by atoms with E-state index < -0.39 is 10.0 Å². The summed E-state index contributed by atoms with van der Waals surface area (Å²) in [7, 11) is -2.12. The molecule has 2 N–H and O–H groups in total. The largest absolute Gasteiger partial charge is 0.447 e. The first-order valence-corrected chi connectivity index (χ1v) is 8.47. The minimum Gasteiger partial charge on any atom is -0.447 e. The van der Waals surface area contributed by atoms with Crippen molar-refractivity contribution in [2.45, 2.75) is 37.4 Å². The Labute approximate surface area is 120 Å². The summed E-state index contributed by atoms with van der Waals surface area (Å²) in [6, 6.07) is 3.52. The van der Waals surface area contributed by atoms with E-state index in [9.17, 15) is 8.42 Å². The molecule has 2 heterocycles. The van der Waals surface area contributed by atoms with Gasteiger partial charge in [-0.3, -0.25) is 0 Å². The molecule has 0 radical (unpaired) electrons. The van der Waals surface area contributed by atoms with Crippen molar-refractivity contribution in [1.29, 1.82) is 0 Å². The Morgan fingerprint density at radius 2 is 2.05 bits per heavy atom. The highest BCUT2D eigenvalue weighted by molar-refractivity contribution is 7.89. The lowest BCUT2D eigenvalue weighted by molar-refractivity contribution is 0.292. The average Bonchev–Trinajstić information content (AvgIpc) is 3.07. The standard InChI is InChI=1S/C13H23N3O3S/c1-11(10-16-7-3-4-8-16)15-9-12-5-6-13(19-12)20(17,18)14-2/h5-6,11,14-15H,3-4,7-10H2,1-2H3. The number of furan rings is 1. The molecule has 114 valence electrons. The molecular weight excluding hydrogens is 278 g/mol. The zero-order valence-corrected chi connectivity index (χ0v) is 12.9. The van der Waals surface area contributed by atoms with E-state index in [0.29, 0.717) is 18.3 Å². The van der Waals surface area contributed by atoms with Crippen LogP contribution in [0, 0.1) is 0 Å². The maximum atomic E-state index is 11.6. The summed E-state index contributed by atoms with van der Waals surface area (Å²) in [5, 5.41) is 3.32. The van der Waals surface area contributed by atoms with E-state index in [0.717, 1.165) is 6.54 Å². The quantitative estimate of drug-likeness (QED) is 0.778. The number of nitrogens with zero attached hydrogens (tertiary/aromatic N) is 1. The lowest BCUT2D eigenvalue weighted by Gasteiger charge is -2.20. The van der Waals surface area contributed by atoms with Gasteiger partial charge < -0.3 is 14.6 Å². The van der Waals surface area contributed by atoms with Crippen molar-refractivity contribution in [3.05, 3.63) is 17.9 Å². The van der Waals surface area contributed by atoms with Crippen LogP contribution in [0.15, 0.2) is 21.6 Å². The zero-order valence-electron chi connectivity index (χ0n) is 12.1. The minimum absolute atomic E-state index is 0.0380. The van der Waals surface area contributed by atoms with Gasteiger partial charge in [0.15, 0.2) is 0 Å². The normalized spacial score (nSPS) is 18.5. The Morgan fingerprint density at radius 3 is 2.70 bits per heavy atom. The predicted octanol–water partition coefficient (Wildman–Crippen LogP) is 0.762. The van der Waals surface area contributed by atoms with Crippen molar-refractivity contribution < 1.29 is 12.8 Å². The van der Waals surface area contributed by atoms with Gasteiger partial charge in [0.25, 0.3) is 10.0 Å². The zero-order chi connectivity index (χ0) is 14.6. The highest BCUT2D eigenvalue weighted by Gasteiger charge is 2.17. The first-order chi connectivity index (χ1) is 9.51. The highest BCUT2D eigenvalue weighted by Crippen LogP contribution is 2.13. The molecule has 1 aromatic heterocycles. The van der Waals surface area contributed by atoms with Crippen molar-refractivity contribution in [1.82, 2.24) is 14.9 Å². The molecule has 0 amide bonds. The van der Waals surface area contributed by atoms with Crippen LogP contribution in [0.5, 0.6) is 0 Å². The molecule has 1 saturated heterocycles. The topological polar surface area (TPSA) is 74.6 Å². The molecule has 20 heavy (non-hydrogen) atoms. The van der Waals surface area contributed by atoms with Gasteiger partial charge in [-0.2, -0.15) is 0 Å². The first kappa shape index (κ1) is 15.5. The molecule has 0 bridgehead atoms. The molecule has 1 aromatic rings. The van der Waals surface area contributed by atoms with E-state index in [2.05, 4.69) is 21.9 Å². The van der Waals surface area contributed by atoms with Crippen molar-refractivity contribution in [3.8, 4) is 0 Å². The van der Waals surface area contributed by atoms with Gasteiger partial charge in [-0.05, 0) is 52.0 Å². The van der Waals surface area contributed by atoms with E-state index in [1.807, 2.05) is 0 Å². The van der Waals surface area contributed by atoms with Crippen LogP contribution in [0.4, 0.5) is 0 Å².